The molecule has 1 aromatic carbocycles. The van der Waals surface area contributed by atoms with Gasteiger partial charge in [-0.3, -0.25) is 4.79 Å². The van der Waals surface area contributed by atoms with Crippen molar-refractivity contribution < 1.29 is 15.0 Å². The van der Waals surface area contributed by atoms with Crippen LogP contribution in [0.3, 0.4) is 0 Å². The van der Waals surface area contributed by atoms with Crippen LogP contribution in [0.25, 0.3) is 0 Å². The molecule has 0 aromatic heterocycles. The van der Waals surface area contributed by atoms with E-state index in [4.69, 9.17) is 5.11 Å². The molecule has 0 heterocycles. The van der Waals surface area contributed by atoms with E-state index in [1.54, 1.807) is 12.1 Å². The fourth-order valence-electron chi connectivity index (χ4n) is 1.53. The molecule has 0 aliphatic rings. The quantitative estimate of drug-likeness (QED) is 0.724. The molecule has 1 rings (SSSR count). The minimum absolute atomic E-state index is 0.0231. The van der Waals surface area contributed by atoms with Crippen molar-refractivity contribution in [2.75, 3.05) is 13.2 Å². The first-order valence-electron chi connectivity index (χ1n) is 5.54. The lowest BCUT2D eigenvalue weighted by atomic mass is 10.1. The Labute approximate surface area is 101 Å². The van der Waals surface area contributed by atoms with Crippen molar-refractivity contribution in [2.45, 2.75) is 26.4 Å². The van der Waals surface area contributed by atoms with Crippen molar-refractivity contribution >= 4 is 5.91 Å². The molecule has 0 radical (unpaired) electrons. The highest BCUT2D eigenvalue weighted by molar-refractivity contribution is 5.94. The third-order valence-corrected chi connectivity index (χ3v) is 2.45. The van der Waals surface area contributed by atoms with E-state index in [1.807, 2.05) is 19.9 Å². The van der Waals surface area contributed by atoms with Gasteiger partial charge in [-0.05, 0) is 32.9 Å². The van der Waals surface area contributed by atoms with Crippen LogP contribution in [0.15, 0.2) is 18.2 Å². The number of benzene rings is 1. The van der Waals surface area contributed by atoms with Crippen LogP contribution in [-0.4, -0.2) is 34.9 Å². The fraction of sp³-hybridized carbons (Fsp3) is 0.462. The average molecular weight is 237 g/mol. The van der Waals surface area contributed by atoms with E-state index in [0.717, 1.165) is 11.1 Å². The zero-order valence-electron chi connectivity index (χ0n) is 10.4. The highest BCUT2D eigenvalue weighted by atomic mass is 16.3. The molecule has 0 spiro atoms. The Morgan fingerprint density at radius 2 is 1.82 bits per heavy atom. The maximum Gasteiger partial charge on any atom is 0.251 e. The van der Waals surface area contributed by atoms with Crippen LogP contribution >= 0.6 is 0 Å². The summed E-state index contributed by atoms with van der Waals surface area (Å²) in [5.74, 6) is -0.245. The van der Waals surface area contributed by atoms with Gasteiger partial charge < -0.3 is 15.5 Å². The molecule has 3 N–H and O–H groups in total. The number of hydrogen-bond donors (Lipinski definition) is 3. The first-order valence-corrected chi connectivity index (χ1v) is 5.54. The van der Waals surface area contributed by atoms with Crippen LogP contribution in [0, 0.1) is 13.8 Å². The molecule has 0 aliphatic carbocycles. The average Bonchev–Trinajstić information content (AvgIpc) is 2.24. The Balaban J connectivity index is 2.70. The summed E-state index contributed by atoms with van der Waals surface area (Å²) in [5, 5.41) is 21.0. The van der Waals surface area contributed by atoms with Gasteiger partial charge in [-0.2, -0.15) is 0 Å². The highest BCUT2D eigenvalue weighted by Crippen LogP contribution is 2.09. The van der Waals surface area contributed by atoms with Gasteiger partial charge in [0, 0.05) is 12.1 Å². The summed E-state index contributed by atoms with van der Waals surface area (Å²) in [4.78, 5) is 11.8. The minimum atomic E-state index is -1.28. The predicted octanol–water partition coefficient (Wildman–Crippen LogP) is 0.777. The summed E-state index contributed by atoms with van der Waals surface area (Å²) in [6.07, 6.45) is 0. The van der Waals surface area contributed by atoms with Crippen LogP contribution < -0.4 is 5.32 Å². The summed E-state index contributed by atoms with van der Waals surface area (Å²) in [6, 6.07) is 5.56. The SMILES string of the molecule is Cc1cc(C)cc(C(=O)NCC(C)(O)CO)c1. The van der Waals surface area contributed by atoms with Crippen molar-refractivity contribution in [2.24, 2.45) is 0 Å². The molecular formula is C13H19NO3. The number of hydrogen-bond acceptors (Lipinski definition) is 3. The van der Waals surface area contributed by atoms with Crippen molar-refractivity contribution in [3.8, 4) is 0 Å². The van der Waals surface area contributed by atoms with Crippen molar-refractivity contribution in [3.05, 3.63) is 34.9 Å². The number of carbonyl (C=O) groups is 1. The molecule has 1 amide bonds. The minimum Gasteiger partial charge on any atom is -0.393 e. The fourth-order valence-corrected chi connectivity index (χ4v) is 1.53. The maximum absolute atomic E-state index is 11.8. The summed E-state index contributed by atoms with van der Waals surface area (Å²) in [7, 11) is 0. The lowest BCUT2D eigenvalue weighted by molar-refractivity contribution is 0.00320. The lowest BCUT2D eigenvalue weighted by Gasteiger charge is -2.20. The standard InChI is InChI=1S/C13H19NO3/c1-9-4-10(2)6-11(5-9)12(16)14-7-13(3,17)8-15/h4-6,15,17H,7-8H2,1-3H3,(H,14,16). The van der Waals surface area contributed by atoms with Crippen LogP contribution in [-0.2, 0) is 0 Å². The normalized spacial score (nSPS) is 14.2. The van der Waals surface area contributed by atoms with E-state index in [1.165, 1.54) is 6.92 Å². The summed E-state index contributed by atoms with van der Waals surface area (Å²) >= 11 is 0. The Morgan fingerprint density at radius 1 is 1.29 bits per heavy atom. The number of aliphatic hydroxyl groups excluding tert-OH is 1. The van der Waals surface area contributed by atoms with E-state index < -0.39 is 5.60 Å². The summed E-state index contributed by atoms with van der Waals surface area (Å²) < 4.78 is 0. The summed E-state index contributed by atoms with van der Waals surface area (Å²) in [5.41, 5.74) is 1.32. The monoisotopic (exact) mass is 237 g/mol. The first kappa shape index (κ1) is 13.7. The number of aryl methyl sites for hydroxylation is 2. The zero-order valence-corrected chi connectivity index (χ0v) is 10.4. The van der Waals surface area contributed by atoms with Crippen LogP contribution in [0.5, 0.6) is 0 Å². The van der Waals surface area contributed by atoms with Crippen molar-refractivity contribution in [1.29, 1.82) is 0 Å². The number of carbonyl (C=O) groups excluding carboxylic acids is 1. The van der Waals surface area contributed by atoms with Gasteiger partial charge in [-0.15, -0.1) is 0 Å². The molecule has 4 heteroatoms. The molecule has 0 aliphatic heterocycles. The molecule has 1 aromatic rings. The second kappa shape index (κ2) is 5.29. The molecule has 0 saturated carbocycles. The van der Waals surface area contributed by atoms with E-state index >= 15 is 0 Å². The number of nitrogens with one attached hydrogen (secondary N) is 1. The number of amides is 1. The first-order chi connectivity index (χ1) is 7.84. The summed E-state index contributed by atoms with van der Waals surface area (Å²) in [6.45, 7) is 4.95. The Hall–Kier alpha value is -1.39. The van der Waals surface area contributed by atoms with Crippen molar-refractivity contribution in [3.63, 3.8) is 0 Å². The maximum atomic E-state index is 11.8. The van der Waals surface area contributed by atoms with Gasteiger partial charge in [0.1, 0.15) is 5.60 Å². The van der Waals surface area contributed by atoms with Crippen molar-refractivity contribution in [1.82, 2.24) is 5.32 Å². The number of aliphatic hydroxyl groups is 2. The Kier molecular flexibility index (Phi) is 4.26. The third kappa shape index (κ3) is 4.17. The molecule has 0 bridgehead atoms. The smallest absolute Gasteiger partial charge is 0.251 e. The molecule has 94 valence electrons. The van der Waals surface area contributed by atoms with E-state index in [2.05, 4.69) is 5.32 Å². The Morgan fingerprint density at radius 3 is 2.29 bits per heavy atom. The number of rotatable bonds is 4. The van der Waals surface area contributed by atoms with Gasteiger partial charge in [0.25, 0.3) is 5.91 Å². The molecule has 4 nitrogen and oxygen atoms in total. The molecule has 0 fully saturated rings. The molecule has 1 atom stereocenters. The molecule has 17 heavy (non-hydrogen) atoms. The molecular weight excluding hydrogens is 218 g/mol. The molecule has 0 saturated heterocycles. The van der Waals surface area contributed by atoms with Crippen LogP contribution in [0.2, 0.25) is 0 Å². The second-order valence-electron chi connectivity index (χ2n) is 4.71. The van der Waals surface area contributed by atoms with E-state index in [0.29, 0.717) is 5.56 Å². The van der Waals surface area contributed by atoms with E-state index in [-0.39, 0.29) is 19.1 Å². The van der Waals surface area contributed by atoms with Gasteiger partial charge in [-0.1, -0.05) is 17.2 Å². The van der Waals surface area contributed by atoms with Gasteiger partial charge >= 0.3 is 0 Å². The molecule has 1 unspecified atom stereocenters. The highest BCUT2D eigenvalue weighted by Gasteiger charge is 2.20. The van der Waals surface area contributed by atoms with Gasteiger partial charge in [0.05, 0.1) is 6.61 Å². The van der Waals surface area contributed by atoms with E-state index in [9.17, 15) is 9.90 Å². The largest absolute Gasteiger partial charge is 0.393 e. The zero-order chi connectivity index (χ0) is 13.1. The van der Waals surface area contributed by atoms with Gasteiger partial charge in [-0.25, -0.2) is 0 Å². The second-order valence-corrected chi connectivity index (χ2v) is 4.71. The third-order valence-electron chi connectivity index (χ3n) is 2.45. The lowest BCUT2D eigenvalue weighted by Crippen LogP contribution is -2.43. The van der Waals surface area contributed by atoms with Gasteiger partial charge in [0.2, 0.25) is 0 Å². The Bertz CT molecular complexity index is 393. The topological polar surface area (TPSA) is 69.6 Å². The predicted molar refractivity (Wildman–Crippen MR) is 66.0 cm³/mol. The van der Waals surface area contributed by atoms with Crippen LogP contribution in [0.4, 0.5) is 0 Å². The van der Waals surface area contributed by atoms with Crippen LogP contribution in [0.1, 0.15) is 28.4 Å². The van der Waals surface area contributed by atoms with Gasteiger partial charge in [0.15, 0.2) is 0 Å².